The van der Waals surface area contributed by atoms with Crippen LogP contribution in [0.1, 0.15) is 49.4 Å². The van der Waals surface area contributed by atoms with Gasteiger partial charge < -0.3 is 11.1 Å². The van der Waals surface area contributed by atoms with E-state index in [0.29, 0.717) is 18.1 Å². The lowest BCUT2D eigenvalue weighted by Crippen LogP contribution is -2.40. The molecule has 16 heavy (non-hydrogen) atoms. The largest absolute Gasteiger partial charge is 0.328 e. The van der Waals surface area contributed by atoms with Gasteiger partial charge in [0.15, 0.2) is 0 Å². The van der Waals surface area contributed by atoms with E-state index in [4.69, 9.17) is 5.73 Å². The fourth-order valence-corrected chi connectivity index (χ4v) is 3.19. The van der Waals surface area contributed by atoms with Crippen LogP contribution in [0, 0.1) is 6.92 Å². The van der Waals surface area contributed by atoms with Crippen LogP contribution in [0.4, 0.5) is 0 Å². The maximum Gasteiger partial charge on any atom is 0.110 e. The van der Waals surface area contributed by atoms with Crippen molar-refractivity contribution in [3.63, 3.8) is 0 Å². The molecule has 3 nitrogen and oxygen atoms in total. The lowest BCUT2D eigenvalue weighted by molar-refractivity contribution is 0.318. The summed E-state index contributed by atoms with van der Waals surface area (Å²) in [5.74, 6) is 0. The molecule has 1 fully saturated rings. The average molecular weight is 239 g/mol. The average Bonchev–Trinajstić information content (AvgIpc) is 2.65. The summed E-state index contributed by atoms with van der Waals surface area (Å²) in [6, 6.07) is 1.31. The Morgan fingerprint density at radius 1 is 1.56 bits per heavy atom. The Bertz CT molecular complexity index is 337. The molecule has 1 aromatic heterocycles. The third kappa shape index (κ3) is 3.03. The van der Waals surface area contributed by atoms with Gasteiger partial charge in [0.1, 0.15) is 5.01 Å². The lowest BCUT2D eigenvalue weighted by atomic mass is 9.91. The SMILES string of the molecule is Cc1csc(C(C)NC2CCCC(N)C2)n1. The number of hydrogen-bond acceptors (Lipinski definition) is 4. The van der Waals surface area contributed by atoms with Gasteiger partial charge >= 0.3 is 0 Å². The van der Waals surface area contributed by atoms with Crippen molar-refractivity contribution in [3.8, 4) is 0 Å². The molecule has 1 aliphatic carbocycles. The maximum absolute atomic E-state index is 5.99. The zero-order chi connectivity index (χ0) is 11.5. The minimum atomic E-state index is 0.356. The van der Waals surface area contributed by atoms with Crippen LogP contribution in [0.3, 0.4) is 0 Å². The molecule has 90 valence electrons. The summed E-state index contributed by atoms with van der Waals surface area (Å²) in [5.41, 5.74) is 7.11. The van der Waals surface area contributed by atoms with Crippen LogP contribution in [0.25, 0.3) is 0 Å². The van der Waals surface area contributed by atoms with E-state index >= 15 is 0 Å². The van der Waals surface area contributed by atoms with Crippen LogP contribution in [0.5, 0.6) is 0 Å². The van der Waals surface area contributed by atoms with E-state index in [1.165, 1.54) is 24.3 Å². The number of rotatable bonds is 3. The minimum absolute atomic E-state index is 0.356. The Balaban J connectivity index is 1.89. The van der Waals surface area contributed by atoms with Crippen molar-refractivity contribution in [1.82, 2.24) is 10.3 Å². The Morgan fingerprint density at radius 3 is 3.00 bits per heavy atom. The van der Waals surface area contributed by atoms with Crippen molar-refractivity contribution in [2.24, 2.45) is 5.73 Å². The molecule has 0 amide bonds. The third-order valence-corrected chi connectivity index (χ3v) is 4.35. The highest BCUT2D eigenvalue weighted by Gasteiger charge is 2.21. The van der Waals surface area contributed by atoms with Crippen LogP contribution < -0.4 is 11.1 Å². The lowest BCUT2D eigenvalue weighted by Gasteiger charge is -2.29. The predicted molar refractivity (Wildman–Crippen MR) is 68.6 cm³/mol. The highest BCUT2D eigenvalue weighted by Crippen LogP contribution is 2.22. The maximum atomic E-state index is 5.99. The topological polar surface area (TPSA) is 50.9 Å². The van der Waals surface area contributed by atoms with Crippen molar-refractivity contribution in [3.05, 3.63) is 16.1 Å². The van der Waals surface area contributed by atoms with Crippen molar-refractivity contribution in [1.29, 1.82) is 0 Å². The number of aryl methyl sites for hydroxylation is 1. The van der Waals surface area contributed by atoms with E-state index in [1.54, 1.807) is 11.3 Å². The number of hydrogen-bond donors (Lipinski definition) is 2. The molecule has 0 aromatic carbocycles. The Morgan fingerprint density at radius 2 is 2.38 bits per heavy atom. The minimum Gasteiger partial charge on any atom is -0.328 e. The molecule has 1 saturated carbocycles. The summed E-state index contributed by atoms with van der Waals surface area (Å²) in [7, 11) is 0. The summed E-state index contributed by atoms with van der Waals surface area (Å²) in [6.07, 6.45) is 4.79. The molecule has 0 aliphatic heterocycles. The number of nitrogens with two attached hydrogens (primary N) is 1. The van der Waals surface area contributed by atoms with Crippen molar-refractivity contribution < 1.29 is 0 Å². The standard InChI is InChI=1S/C12H21N3S/c1-8-7-16-12(14-8)9(2)15-11-5-3-4-10(13)6-11/h7,9-11,15H,3-6,13H2,1-2H3. The number of thiazole rings is 1. The van der Waals surface area contributed by atoms with E-state index in [0.717, 1.165) is 12.1 Å². The van der Waals surface area contributed by atoms with Gasteiger partial charge in [-0.1, -0.05) is 6.42 Å². The van der Waals surface area contributed by atoms with Gasteiger partial charge in [0.25, 0.3) is 0 Å². The van der Waals surface area contributed by atoms with Gasteiger partial charge in [-0.3, -0.25) is 0 Å². The molecular weight excluding hydrogens is 218 g/mol. The van der Waals surface area contributed by atoms with E-state index < -0.39 is 0 Å². The van der Waals surface area contributed by atoms with Crippen LogP contribution in [-0.4, -0.2) is 17.1 Å². The third-order valence-electron chi connectivity index (χ3n) is 3.21. The van der Waals surface area contributed by atoms with E-state index in [-0.39, 0.29) is 0 Å². The number of nitrogens with one attached hydrogen (secondary N) is 1. The van der Waals surface area contributed by atoms with Crippen LogP contribution >= 0.6 is 11.3 Å². The Labute approximate surface area is 101 Å². The zero-order valence-electron chi connectivity index (χ0n) is 10.1. The molecule has 1 heterocycles. The molecule has 1 aliphatic rings. The van der Waals surface area contributed by atoms with Crippen LogP contribution in [0.2, 0.25) is 0 Å². The first kappa shape index (κ1) is 12.0. The molecular formula is C12H21N3S. The van der Waals surface area contributed by atoms with E-state index in [9.17, 15) is 0 Å². The molecule has 0 radical (unpaired) electrons. The predicted octanol–water partition coefficient (Wildman–Crippen LogP) is 2.37. The molecule has 1 aromatic rings. The van der Waals surface area contributed by atoms with Crippen LogP contribution in [0.15, 0.2) is 5.38 Å². The Hall–Kier alpha value is -0.450. The molecule has 3 unspecified atom stereocenters. The monoisotopic (exact) mass is 239 g/mol. The molecule has 4 heteroatoms. The van der Waals surface area contributed by atoms with E-state index in [1.807, 2.05) is 6.92 Å². The summed E-state index contributed by atoms with van der Waals surface area (Å²) >= 11 is 1.74. The van der Waals surface area contributed by atoms with Crippen molar-refractivity contribution in [2.75, 3.05) is 0 Å². The van der Waals surface area contributed by atoms with Crippen molar-refractivity contribution in [2.45, 2.75) is 57.7 Å². The van der Waals surface area contributed by atoms with Gasteiger partial charge in [-0.2, -0.15) is 0 Å². The highest BCUT2D eigenvalue weighted by atomic mass is 32.1. The van der Waals surface area contributed by atoms with Gasteiger partial charge in [0, 0.05) is 23.2 Å². The summed E-state index contributed by atoms with van der Waals surface area (Å²) in [4.78, 5) is 4.52. The molecule has 0 bridgehead atoms. The fraction of sp³-hybridized carbons (Fsp3) is 0.750. The van der Waals surface area contributed by atoms with Gasteiger partial charge in [-0.25, -0.2) is 4.98 Å². The second-order valence-electron chi connectivity index (χ2n) is 4.84. The highest BCUT2D eigenvalue weighted by molar-refractivity contribution is 7.09. The van der Waals surface area contributed by atoms with E-state index in [2.05, 4.69) is 22.6 Å². The molecule has 0 saturated heterocycles. The summed E-state index contributed by atoms with van der Waals surface area (Å²) in [6.45, 7) is 4.24. The summed E-state index contributed by atoms with van der Waals surface area (Å²) in [5, 5.41) is 6.95. The second kappa shape index (κ2) is 5.25. The summed E-state index contributed by atoms with van der Waals surface area (Å²) < 4.78 is 0. The van der Waals surface area contributed by atoms with Crippen LogP contribution in [-0.2, 0) is 0 Å². The zero-order valence-corrected chi connectivity index (χ0v) is 10.9. The number of nitrogens with zero attached hydrogens (tertiary/aromatic N) is 1. The molecule has 3 atom stereocenters. The molecule has 2 rings (SSSR count). The van der Waals surface area contributed by atoms with Gasteiger partial charge in [-0.05, 0) is 33.1 Å². The second-order valence-corrected chi connectivity index (χ2v) is 5.73. The molecule has 3 N–H and O–H groups in total. The normalized spacial score (nSPS) is 27.9. The fourth-order valence-electron chi connectivity index (χ4n) is 2.37. The first-order valence-corrected chi connectivity index (χ1v) is 6.97. The first-order chi connectivity index (χ1) is 7.65. The van der Waals surface area contributed by atoms with Crippen molar-refractivity contribution >= 4 is 11.3 Å². The van der Waals surface area contributed by atoms with Gasteiger partial charge in [0.05, 0.1) is 6.04 Å². The quantitative estimate of drug-likeness (QED) is 0.851. The molecule has 0 spiro atoms. The van der Waals surface area contributed by atoms with Gasteiger partial charge in [-0.15, -0.1) is 11.3 Å². The van der Waals surface area contributed by atoms with Gasteiger partial charge in [0.2, 0.25) is 0 Å². The Kier molecular flexibility index (Phi) is 3.95. The smallest absolute Gasteiger partial charge is 0.110 e. The number of aromatic nitrogens is 1. The first-order valence-electron chi connectivity index (χ1n) is 6.09.